The molecule has 0 atom stereocenters. The predicted molar refractivity (Wildman–Crippen MR) is 36.1 cm³/mol. The van der Waals surface area contributed by atoms with Crippen molar-refractivity contribution in [2.75, 3.05) is 0 Å². The lowest BCUT2D eigenvalue weighted by Crippen LogP contribution is -2.23. The van der Waals surface area contributed by atoms with Gasteiger partial charge in [0.15, 0.2) is 0 Å². The minimum absolute atomic E-state index is 0.770. The second-order valence-corrected chi connectivity index (χ2v) is 2.46. The first-order chi connectivity index (χ1) is 4.48. The van der Waals surface area contributed by atoms with Crippen molar-refractivity contribution in [3.63, 3.8) is 0 Å². The molecule has 0 aromatic heterocycles. The summed E-state index contributed by atoms with van der Waals surface area (Å²) in [6.07, 6.45) is 1.87. The lowest BCUT2D eigenvalue weighted by Gasteiger charge is -2.17. The summed E-state index contributed by atoms with van der Waals surface area (Å²) in [5, 5.41) is 9.92. The topological polar surface area (TPSA) is 46.2 Å². The molecule has 0 aromatic carbocycles. The van der Waals surface area contributed by atoms with Gasteiger partial charge in [0.2, 0.25) is 0 Å². The molecule has 0 heterocycles. The average Bonchev–Trinajstić information content (AvgIpc) is 1.59. The van der Waals surface area contributed by atoms with Crippen molar-refractivity contribution in [2.24, 2.45) is 0 Å². The van der Waals surface area contributed by atoms with E-state index in [0.29, 0.717) is 0 Å². The van der Waals surface area contributed by atoms with Gasteiger partial charge in [-0.15, -0.1) is 0 Å². The molecule has 1 radical (unpaired) electrons. The molecule has 0 fully saturated rings. The van der Waals surface area contributed by atoms with Crippen LogP contribution in [0.15, 0.2) is 12.2 Å². The van der Waals surface area contributed by atoms with Crippen LogP contribution in [0.4, 0.5) is 4.79 Å². The summed E-state index contributed by atoms with van der Waals surface area (Å²) in [5.74, 6) is 0. The molecule has 3 nitrogen and oxygen atoms in total. The summed E-state index contributed by atoms with van der Waals surface area (Å²) in [4.78, 5) is 9.92. The normalized spacial score (nSPS) is 11.9. The van der Waals surface area contributed by atoms with Gasteiger partial charge in [-0.2, -0.15) is 9.90 Å². The third-order valence-electron chi connectivity index (χ3n) is 0.914. The molecule has 0 saturated carbocycles. The fourth-order valence-electron chi connectivity index (χ4n) is 0.650. The first-order valence-corrected chi connectivity index (χ1v) is 3.02. The van der Waals surface area contributed by atoms with Crippen LogP contribution < -0.4 is 0 Å². The molecule has 10 heavy (non-hydrogen) atoms. The number of allylic oxidation sites excluding steroid dienone is 1. The van der Waals surface area contributed by atoms with Crippen LogP contribution in [0.3, 0.4) is 0 Å². The second-order valence-electron chi connectivity index (χ2n) is 2.46. The van der Waals surface area contributed by atoms with E-state index < -0.39 is 11.8 Å². The second kappa shape index (κ2) is 3.25. The van der Waals surface area contributed by atoms with Crippen LogP contribution in [0, 0.1) is 0 Å². The maximum atomic E-state index is 9.92. The molecule has 0 saturated heterocycles. The highest BCUT2D eigenvalue weighted by Gasteiger charge is 2.18. The van der Waals surface area contributed by atoms with E-state index in [-0.39, 0.29) is 0 Å². The van der Waals surface area contributed by atoms with Crippen LogP contribution in [0.1, 0.15) is 20.8 Å². The number of hydrogen-bond acceptors (Lipinski definition) is 2. The van der Waals surface area contributed by atoms with Crippen molar-refractivity contribution >= 4 is 6.16 Å². The Morgan fingerprint density at radius 1 is 1.50 bits per heavy atom. The van der Waals surface area contributed by atoms with Crippen molar-refractivity contribution in [1.82, 2.24) is 0 Å². The lowest BCUT2D eigenvalue weighted by molar-refractivity contribution is 0.0130. The standard InChI is InChI=1S/C7H11O3/c1-4-5-7(2,3)10-6(8)9/h4-5H,1-3H3. The Bertz CT molecular complexity index is 147. The van der Waals surface area contributed by atoms with E-state index in [1.54, 1.807) is 32.9 Å². The molecule has 0 aliphatic carbocycles. The smallest absolute Gasteiger partial charge is 0.421 e. The van der Waals surface area contributed by atoms with Crippen LogP contribution in [0.5, 0.6) is 0 Å². The molecule has 0 aromatic rings. The number of rotatable bonds is 2. The Hall–Kier alpha value is -0.990. The Balaban J connectivity index is 3.99. The summed E-state index contributed by atoms with van der Waals surface area (Å²) >= 11 is 0. The minimum atomic E-state index is -1.50. The molecule has 0 N–H and O–H groups in total. The first kappa shape index (κ1) is 9.01. The maximum Gasteiger partial charge on any atom is 0.550 e. The van der Waals surface area contributed by atoms with E-state index in [1.807, 2.05) is 0 Å². The highest BCUT2D eigenvalue weighted by molar-refractivity contribution is 5.57. The van der Waals surface area contributed by atoms with Crippen molar-refractivity contribution in [2.45, 2.75) is 26.4 Å². The Labute approximate surface area is 60.3 Å². The molecular formula is C7H11O3. The molecule has 0 rings (SSSR count). The third kappa shape index (κ3) is 3.95. The van der Waals surface area contributed by atoms with Gasteiger partial charge in [0, 0.05) is 0 Å². The maximum absolute atomic E-state index is 9.92. The van der Waals surface area contributed by atoms with Crippen LogP contribution in [0.25, 0.3) is 0 Å². The average molecular weight is 143 g/mol. The Morgan fingerprint density at radius 2 is 2.00 bits per heavy atom. The zero-order valence-corrected chi connectivity index (χ0v) is 6.38. The van der Waals surface area contributed by atoms with Gasteiger partial charge in [0.05, 0.1) is 0 Å². The van der Waals surface area contributed by atoms with Gasteiger partial charge in [-0.3, -0.25) is 0 Å². The number of carbonyl (C=O) groups excluding carboxylic acids is 1. The zero-order chi connectivity index (χ0) is 8.20. The van der Waals surface area contributed by atoms with Crippen LogP contribution in [-0.4, -0.2) is 11.8 Å². The van der Waals surface area contributed by atoms with E-state index in [9.17, 15) is 9.90 Å². The van der Waals surface area contributed by atoms with E-state index in [2.05, 4.69) is 4.74 Å². The Kier molecular flexibility index (Phi) is 2.93. The summed E-state index contributed by atoms with van der Waals surface area (Å²) in [6, 6.07) is 0. The predicted octanol–water partition coefficient (Wildman–Crippen LogP) is 1.91. The first-order valence-electron chi connectivity index (χ1n) is 3.02. The van der Waals surface area contributed by atoms with E-state index in [1.165, 1.54) is 0 Å². The monoisotopic (exact) mass is 143 g/mol. The molecule has 0 unspecified atom stereocenters. The summed E-state index contributed by atoms with van der Waals surface area (Å²) < 4.78 is 4.40. The van der Waals surface area contributed by atoms with Crippen LogP contribution in [-0.2, 0) is 9.84 Å². The largest absolute Gasteiger partial charge is 0.550 e. The summed E-state index contributed by atoms with van der Waals surface area (Å²) in [6.45, 7) is 5.08. The van der Waals surface area contributed by atoms with Gasteiger partial charge in [0.1, 0.15) is 5.60 Å². The lowest BCUT2D eigenvalue weighted by atomic mass is 10.1. The number of carbonyl (C=O) groups is 1. The van der Waals surface area contributed by atoms with Crippen LogP contribution >= 0.6 is 0 Å². The van der Waals surface area contributed by atoms with Gasteiger partial charge in [-0.1, -0.05) is 6.08 Å². The highest BCUT2D eigenvalue weighted by atomic mass is 16.7. The summed E-state index contributed by atoms with van der Waals surface area (Å²) in [7, 11) is 0. The van der Waals surface area contributed by atoms with E-state index in [4.69, 9.17) is 0 Å². The van der Waals surface area contributed by atoms with Gasteiger partial charge in [-0.25, -0.2) is 0 Å². The summed E-state index contributed by atoms with van der Waals surface area (Å²) in [5.41, 5.74) is -0.770. The molecule has 0 amide bonds. The third-order valence-corrected chi connectivity index (χ3v) is 0.914. The van der Waals surface area contributed by atoms with Gasteiger partial charge in [-0.05, 0) is 26.8 Å². The number of hydrogen-bond donors (Lipinski definition) is 0. The van der Waals surface area contributed by atoms with E-state index >= 15 is 0 Å². The highest BCUT2D eigenvalue weighted by Crippen LogP contribution is 2.10. The van der Waals surface area contributed by atoms with Gasteiger partial charge >= 0.3 is 6.16 Å². The zero-order valence-electron chi connectivity index (χ0n) is 6.38. The molecular weight excluding hydrogens is 132 g/mol. The Morgan fingerprint density at radius 3 is 2.30 bits per heavy atom. The molecule has 0 bridgehead atoms. The van der Waals surface area contributed by atoms with Crippen molar-refractivity contribution in [1.29, 1.82) is 0 Å². The molecule has 0 aliphatic rings. The molecule has 3 heteroatoms. The molecule has 0 spiro atoms. The SMILES string of the molecule is CC=CC(C)(C)OC([O])=O. The number of ether oxygens (including phenoxy) is 1. The quantitative estimate of drug-likeness (QED) is 0.437. The van der Waals surface area contributed by atoms with Crippen molar-refractivity contribution in [3.8, 4) is 0 Å². The van der Waals surface area contributed by atoms with Gasteiger partial charge in [0.25, 0.3) is 0 Å². The fraction of sp³-hybridized carbons (Fsp3) is 0.571. The minimum Gasteiger partial charge on any atom is -0.421 e. The fourth-order valence-corrected chi connectivity index (χ4v) is 0.650. The van der Waals surface area contributed by atoms with Gasteiger partial charge < -0.3 is 4.74 Å². The molecule has 0 aliphatic heterocycles. The van der Waals surface area contributed by atoms with Crippen LogP contribution in [0.2, 0.25) is 0 Å². The van der Waals surface area contributed by atoms with Crippen molar-refractivity contribution in [3.05, 3.63) is 12.2 Å². The molecule has 57 valence electrons. The van der Waals surface area contributed by atoms with Crippen molar-refractivity contribution < 1.29 is 14.6 Å². The van der Waals surface area contributed by atoms with E-state index in [0.717, 1.165) is 0 Å².